The molecule has 1 fully saturated rings. The quantitative estimate of drug-likeness (QED) is 0.564. The molecular formula is C12H22O3. The van der Waals surface area contributed by atoms with Crippen LogP contribution in [0.15, 0.2) is 0 Å². The van der Waals surface area contributed by atoms with E-state index < -0.39 is 5.60 Å². The highest BCUT2D eigenvalue weighted by Gasteiger charge is 2.32. The van der Waals surface area contributed by atoms with Crippen LogP contribution in [0.5, 0.6) is 0 Å². The van der Waals surface area contributed by atoms with Gasteiger partial charge in [0.1, 0.15) is 0 Å². The molecule has 1 N–H and O–H groups in total. The van der Waals surface area contributed by atoms with Gasteiger partial charge in [0.15, 0.2) is 0 Å². The van der Waals surface area contributed by atoms with Crippen molar-refractivity contribution in [2.24, 2.45) is 0 Å². The highest BCUT2D eigenvalue weighted by molar-refractivity contribution is 5.70. The van der Waals surface area contributed by atoms with Gasteiger partial charge >= 0.3 is 5.97 Å². The minimum atomic E-state index is -0.776. The number of esters is 1. The molecule has 3 heteroatoms. The lowest BCUT2D eigenvalue weighted by atomic mass is 9.82. The van der Waals surface area contributed by atoms with Crippen molar-refractivity contribution in [2.45, 2.75) is 63.9 Å². The van der Waals surface area contributed by atoms with E-state index in [4.69, 9.17) is 4.74 Å². The van der Waals surface area contributed by atoms with Gasteiger partial charge in [0, 0.05) is 0 Å². The van der Waals surface area contributed by atoms with Crippen LogP contribution in [-0.4, -0.2) is 23.3 Å². The molecule has 1 aliphatic rings. The van der Waals surface area contributed by atoms with E-state index in [9.17, 15) is 9.90 Å². The molecule has 0 aliphatic heterocycles. The van der Waals surface area contributed by atoms with Crippen LogP contribution in [0, 0.1) is 0 Å². The van der Waals surface area contributed by atoms with Gasteiger partial charge in [-0.1, -0.05) is 32.6 Å². The SMILES string of the molecule is CCCCOC(=O)CC1(O)CCCCC1. The molecule has 0 aromatic heterocycles. The van der Waals surface area contributed by atoms with Gasteiger partial charge in [-0.25, -0.2) is 0 Å². The first-order valence-corrected chi connectivity index (χ1v) is 6.04. The highest BCUT2D eigenvalue weighted by atomic mass is 16.5. The van der Waals surface area contributed by atoms with Crippen LogP contribution < -0.4 is 0 Å². The summed E-state index contributed by atoms with van der Waals surface area (Å²) in [5.41, 5.74) is -0.776. The number of aliphatic hydroxyl groups is 1. The van der Waals surface area contributed by atoms with E-state index in [1.54, 1.807) is 0 Å². The Morgan fingerprint density at radius 1 is 1.33 bits per heavy atom. The summed E-state index contributed by atoms with van der Waals surface area (Å²) < 4.78 is 5.05. The lowest BCUT2D eigenvalue weighted by molar-refractivity contribution is -0.150. The number of rotatable bonds is 5. The number of ether oxygens (including phenoxy) is 1. The van der Waals surface area contributed by atoms with E-state index in [2.05, 4.69) is 6.92 Å². The first kappa shape index (κ1) is 12.5. The summed E-state index contributed by atoms with van der Waals surface area (Å²) in [6.45, 7) is 2.55. The second-order valence-electron chi connectivity index (χ2n) is 4.54. The Balaban J connectivity index is 2.23. The van der Waals surface area contributed by atoms with Crippen molar-refractivity contribution in [1.29, 1.82) is 0 Å². The number of hydrogen-bond donors (Lipinski definition) is 1. The van der Waals surface area contributed by atoms with Crippen LogP contribution in [0.1, 0.15) is 58.3 Å². The van der Waals surface area contributed by atoms with E-state index in [0.717, 1.165) is 38.5 Å². The van der Waals surface area contributed by atoms with Gasteiger partial charge in [-0.3, -0.25) is 4.79 Å². The molecular weight excluding hydrogens is 192 g/mol. The van der Waals surface area contributed by atoms with Crippen LogP contribution in [0.2, 0.25) is 0 Å². The molecule has 0 spiro atoms. The summed E-state index contributed by atoms with van der Waals surface area (Å²) in [5, 5.41) is 10.1. The summed E-state index contributed by atoms with van der Waals surface area (Å²) in [4.78, 5) is 11.4. The van der Waals surface area contributed by atoms with Gasteiger partial charge in [0.05, 0.1) is 18.6 Å². The first-order valence-electron chi connectivity index (χ1n) is 6.04. The van der Waals surface area contributed by atoms with Crippen molar-refractivity contribution in [3.63, 3.8) is 0 Å². The Kier molecular flexibility index (Phi) is 5.09. The van der Waals surface area contributed by atoms with E-state index >= 15 is 0 Å². The molecule has 0 heterocycles. The Morgan fingerprint density at radius 2 is 2.00 bits per heavy atom. The molecule has 1 aliphatic carbocycles. The summed E-state index contributed by atoms with van der Waals surface area (Å²) in [6.07, 6.45) is 6.83. The largest absolute Gasteiger partial charge is 0.466 e. The predicted molar refractivity (Wildman–Crippen MR) is 58.5 cm³/mol. The van der Waals surface area contributed by atoms with Gasteiger partial charge in [-0.2, -0.15) is 0 Å². The maximum absolute atomic E-state index is 11.4. The molecule has 0 bridgehead atoms. The minimum Gasteiger partial charge on any atom is -0.466 e. The maximum atomic E-state index is 11.4. The smallest absolute Gasteiger partial charge is 0.308 e. The third-order valence-electron chi connectivity index (χ3n) is 3.02. The van der Waals surface area contributed by atoms with E-state index in [-0.39, 0.29) is 12.4 Å². The number of carbonyl (C=O) groups is 1. The number of hydrogen-bond acceptors (Lipinski definition) is 3. The van der Waals surface area contributed by atoms with Crippen LogP contribution in [-0.2, 0) is 9.53 Å². The number of unbranched alkanes of at least 4 members (excludes halogenated alkanes) is 1. The zero-order valence-corrected chi connectivity index (χ0v) is 9.63. The first-order chi connectivity index (χ1) is 7.16. The summed E-state index contributed by atoms with van der Waals surface area (Å²) in [5.74, 6) is -0.243. The van der Waals surface area contributed by atoms with Crippen molar-refractivity contribution >= 4 is 5.97 Å². The third kappa shape index (κ3) is 4.65. The highest BCUT2D eigenvalue weighted by Crippen LogP contribution is 2.30. The summed E-state index contributed by atoms with van der Waals surface area (Å²) in [6, 6.07) is 0. The summed E-state index contributed by atoms with van der Waals surface area (Å²) >= 11 is 0. The van der Waals surface area contributed by atoms with Gasteiger partial charge in [0.2, 0.25) is 0 Å². The normalized spacial score (nSPS) is 19.9. The Hall–Kier alpha value is -0.570. The molecule has 15 heavy (non-hydrogen) atoms. The molecule has 0 saturated heterocycles. The molecule has 3 nitrogen and oxygen atoms in total. The molecule has 0 unspecified atom stereocenters. The predicted octanol–water partition coefficient (Wildman–Crippen LogP) is 2.42. The fourth-order valence-electron chi connectivity index (χ4n) is 2.04. The van der Waals surface area contributed by atoms with Gasteiger partial charge in [-0.05, 0) is 19.3 Å². The van der Waals surface area contributed by atoms with Crippen LogP contribution in [0.25, 0.3) is 0 Å². The molecule has 88 valence electrons. The van der Waals surface area contributed by atoms with Gasteiger partial charge < -0.3 is 9.84 Å². The molecule has 0 amide bonds. The van der Waals surface area contributed by atoms with Crippen LogP contribution >= 0.6 is 0 Å². The average Bonchev–Trinajstić information content (AvgIpc) is 2.18. The van der Waals surface area contributed by atoms with Gasteiger partial charge in [-0.15, -0.1) is 0 Å². The van der Waals surface area contributed by atoms with Crippen molar-refractivity contribution in [1.82, 2.24) is 0 Å². The number of carbonyl (C=O) groups excluding carboxylic acids is 1. The molecule has 1 saturated carbocycles. The maximum Gasteiger partial charge on any atom is 0.308 e. The van der Waals surface area contributed by atoms with Crippen molar-refractivity contribution in [3.8, 4) is 0 Å². The fourth-order valence-corrected chi connectivity index (χ4v) is 2.04. The topological polar surface area (TPSA) is 46.5 Å². The zero-order valence-electron chi connectivity index (χ0n) is 9.63. The lowest BCUT2D eigenvalue weighted by Gasteiger charge is -2.30. The van der Waals surface area contributed by atoms with E-state index in [1.807, 2.05) is 0 Å². The second kappa shape index (κ2) is 6.11. The van der Waals surface area contributed by atoms with Crippen LogP contribution in [0.4, 0.5) is 0 Å². The summed E-state index contributed by atoms with van der Waals surface area (Å²) in [7, 11) is 0. The Bertz CT molecular complexity index is 195. The molecule has 0 aromatic carbocycles. The Labute approximate surface area is 91.8 Å². The Morgan fingerprint density at radius 3 is 2.60 bits per heavy atom. The zero-order chi connectivity index (χ0) is 11.1. The second-order valence-corrected chi connectivity index (χ2v) is 4.54. The van der Waals surface area contributed by atoms with Crippen LogP contribution in [0.3, 0.4) is 0 Å². The average molecular weight is 214 g/mol. The van der Waals surface area contributed by atoms with Crippen molar-refractivity contribution in [3.05, 3.63) is 0 Å². The lowest BCUT2D eigenvalue weighted by Crippen LogP contribution is -2.34. The van der Waals surface area contributed by atoms with Crippen molar-refractivity contribution < 1.29 is 14.6 Å². The molecule has 0 aromatic rings. The third-order valence-corrected chi connectivity index (χ3v) is 3.02. The standard InChI is InChI=1S/C12H22O3/c1-2-3-9-15-11(13)10-12(14)7-5-4-6-8-12/h14H,2-10H2,1H3. The minimum absolute atomic E-state index is 0.177. The van der Waals surface area contributed by atoms with Gasteiger partial charge in [0.25, 0.3) is 0 Å². The molecule has 0 atom stereocenters. The fraction of sp³-hybridized carbons (Fsp3) is 0.917. The van der Waals surface area contributed by atoms with Crippen molar-refractivity contribution in [2.75, 3.05) is 6.61 Å². The van der Waals surface area contributed by atoms with E-state index in [1.165, 1.54) is 6.42 Å². The molecule has 0 radical (unpaired) electrons. The molecule has 1 rings (SSSR count). The van der Waals surface area contributed by atoms with E-state index in [0.29, 0.717) is 6.61 Å². The monoisotopic (exact) mass is 214 g/mol.